The maximum Gasteiger partial charge on any atom is 0.308 e. The molecule has 0 spiro atoms. The summed E-state index contributed by atoms with van der Waals surface area (Å²) in [5, 5.41) is 29.8. The first-order valence-corrected chi connectivity index (χ1v) is 11.2. The van der Waals surface area contributed by atoms with Crippen molar-refractivity contribution in [2.24, 2.45) is 23.7 Å². The average molecular weight is 428 g/mol. The van der Waals surface area contributed by atoms with E-state index in [1.165, 1.54) is 12.6 Å². The Bertz CT molecular complexity index is 590. The van der Waals surface area contributed by atoms with Crippen molar-refractivity contribution in [2.45, 2.75) is 91.5 Å². The Morgan fingerprint density at radius 3 is 2.43 bits per heavy atom. The van der Waals surface area contributed by atoms with E-state index in [2.05, 4.69) is 26.8 Å². The Labute approximate surface area is 181 Å². The summed E-state index contributed by atoms with van der Waals surface area (Å²) in [5.74, 6) is -0.205. The first-order valence-electron chi connectivity index (χ1n) is 11.2. The first kappa shape index (κ1) is 26.6. The molecule has 0 bridgehead atoms. The number of hydrogen-bond acceptors (Lipinski definition) is 6. The fraction of sp³-hybridized carbons (Fsp3) is 0.826. The first-order chi connectivity index (χ1) is 14.0. The molecular formula is C23H41NO6. The Hall–Kier alpha value is -1.44. The highest BCUT2D eigenvalue weighted by Crippen LogP contribution is 2.38. The van der Waals surface area contributed by atoms with E-state index in [1.807, 2.05) is 13.8 Å². The van der Waals surface area contributed by atoms with E-state index in [9.17, 15) is 19.8 Å². The lowest BCUT2D eigenvalue weighted by Crippen LogP contribution is -2.37. The molecule has 1 amide bonds. The van der Waals surface area contributed by atoms with Gasteiger partial charge >= 0.3 is 5.97 Å². The Kier molecular flexibility index (Phi) is 11.0. The van der Waals surface area contributed by atoms with Gasteiger partial charge in [-0.05, 0) is 50.9 Å². The smallest absolute Gasteiger partial charge is 0.308 e. The molecule has 1 rings (SSSR count). The molecule has 0 saturated carbocycles. The highest BCUT2D eigenvalue weighted by Gasteiger charge is 2.36. The topological polar surface area (TPSA) is 107 Å². The number of rotatable bonds is 11. The van der Waals surface area contributed by atoms with Crippen molar-refractivity contribution in [2.75, 3.05) is 7.05 Å². The summed E-state index contributed by atoms with van der Waals surface area (Å²) in [6.45, 7) is 10.2. The molecule has 7 unspecified atom stereocenters. The molecule has 174 valence electrons. The van der Waals surface area contributed by atoms with Crippen LogP contribution in [0.3, 0.4) is 0 Å². The zero-order chi connectivity index (χ0) is 23.0. The molecule has 0 aromatic rings. The summed E-state index contributed by atoms with van der Waals surface area (Å²) in [6, 6.07) is 0. The number of carbonyl (C=O) groups is 2. The van der Waals surface area contributed by atoms with Crippen LogP contribution < -0.4 is 0 Å². The average Bonchev–Trinajstić information content (AvgIpc) is 2.64. The highest BCUT2D eigenvalue weighted by atomic mass is 16.5. The molecule has 7 heteroatoms. The van der Waals surface area contributed by atoms with Crippen LogP contribution in [-0.2, 0) is 14.3 Å². The molecule has 1 aliphatic rings. The SMILES string of the molecule is CCC(C)C(=O)OC1CC(C)C=C(C)C1C(C)CCC(O)CC(O)CC(=O)N(C)O. The van der Waals surface area contributed by atoms with Gasteiger partial charge in [0, 0.05) is 13.0 Å². The third-order valence-electron chi connectivity index (χ3n) is 6.24. The fourth-order valence-electron chi connectivity index (χ4n) is 4.29. The van der Waals surface area contributed by atoms with Crippen molar-refractivity contribution < 1.29 is 29.7 Å². The van der Waals surface area contributed by atoms with Crippen LogP contribution in [0.1, 0.15) is 73.1 Å². The third-order valence-corrected chi connectivity index (χ3v) is 6.24. The Balaban J connectivity index is 2.66. The monoisotopic (exact) mass is 427 g/mol. The number of aliphatic hydroxyl groups is 2. The molecular weight excluding hydrogens is 386 g/mol. The Morgan fingerprint density at radius 1 is 1.23 bits per heavy atom. The largest absolute Gasteiger partial charge is 0.461 e. The minimum atomic E-state index is -1.00. The van der Waals surface area contributed by atoms with Crippen molar-refractivity contribution in [1.82, 2.24) is 5.06 Å². The summed E-state index contributed by atoms with van der Waals surface area (Å²) < 4.78 is 5.91. The van der Waals surface area contributed by atoms with Crippen LogP contribution >= 0.6 is 0 Å². The van der Waals surface area contributed by atoms with Gasteiger partial charge in [0.25, 0.3) is 0 Å². The van der Waals surface area contributed by atoms with Gasteiger partial charge < -0.3 is 14.9 Å². The van der Waals surface area contributed by atoms with Gasteiger partial charge in [0.1, 0.15) is 6.10 Å². The van der Waals surface area contributed by atoms with E-state index in [4.69, 9.17) is 9.94 Å². The second-order valence-corrected chi connectivity index (χ2v) is 9.15. The quantitative estimate of drug-likeness (QED) is 0.202. The summed E-state index contributed by atoms with van der Waals surface area (Å²) >= 11 is 0. The predicted octanol–water partition coefficient (Wildman–Crippen LogP) is 3.31. The van der Waals surface area contributed by atoms with E-state index in [-0.39, 0.29) is 42.7 Å². The van der Waals surface area contributed by atoms with Gasteiger partial charge in [-0.1, -0.05) is 39.3 Å². The molecule has 30 heavy (non-hydrogen) atoms. The van der Waals surface area contributed by atoms with Gasteiger partial charge in [-0.3, -0.25) is 14.8 Å². The molecule has 3 N–H and O–H groups in total. The van der Waals surface area contributed by atoms with Gasteiger partial charge in [0.05, 0.1) is 24.5 Å². The van der Waals surface area contributed by atoms with Gasteiger partial charge in [-0.15, -0.1) is 0 Å². The number of nitrogens with zero attached hydrogens (tertiary/aromatic N) is 1. The molecule has 0 aromatic carbocycles. The maximum absolute atomic E-state index is 12.4. The second-order valence-electron chi connectivity index (χ2n) is 9.15. The standard InChI is InChI=1S/C23H41NO6/c1-7-15(3)23(28)30-20-11-14(2)10-17(5)22(20)16(4)8-9-18(25)12-19(26)13-21(27)24(6)29/h10,14-16,18-20,22,25-26,29H,7-9,11-13H2,1-6H3. The summed E-state index contributed by atoms with van der Waals surface area (Å²) in [7, 11) is 1.21. The van der Waals surface area contributed by atoms with Crippen LogP contribution in [0, 0.1) is 23.7 Å². The van der Waals surface area contributed by atoms with Crippen LogP contribution in [0.2, 0.25) is 0 Å². The van der Waals surface area contributed by atoms with Crippen molar-refractivity contribution >= 4 is 11.9 Å². The zero-order valence-corrected chi connectivity index (χ0v) is 19.4. The second kappa shape index (κ2) is 12.4. The lowest BCUT2D eigenvalue weighted by Gasteiger charge is -2.38. The van der Waals surface area contributed by atoms with Crippen LogP contribution in [0.4, 0.5) is 0 Å². The van der Waals surface area contributed by atoms with Gasteiger partial charge in [-0.2, -0.15) is 0 Å². The van der Waals surface area contributed by atoms with E-state index in [0.29, 0.717) is 23.8 Å². The summed E-state index contributed by atoms with van der Waals surface area (Å²) in [6.07, 6.45) is 2.92. The molecule has 0 aromatic heterocycles. The molecule has 0 saturated heterocycles. The molecule has 0 aliphatic heterocycles. The van der Waals surface area contributed by atoms with Crippen LogP contribution in [-0.4, -0.2) is 57.7 Å². The lowest BCUT2D eigenvalue weighted by atomic mass is 9.73. The normalized spacial score (nSPS) is 25.6. The van der Waals surface area contributed by atoms with E-state index < -0.39 is 18.1 Å². The summed E-state index contributed by atoms with van der Waals surface area (Å²) in [4.78, 5) is 23.8. The van der Waals surface area contributed by atoms with Crippen LogP contribution in [0.25, 0.3) is 0 Å². The Morgan fingerprint density at radius 2 is 1.87 bits per heavy atom. The third kappa shape index (κ3) is 8.36. The van der Waals surface area contributed by atoms with Crippen molar-refractivity contribution in [3.8, 4) is 0 Å². The number of hydrogen-bond donors (Lipinski definition) is 3. The van der Waals surface area contributed by atoms with E-state index in [1.54, 1.807) is 0 Å². The predicted molar refractivity (Wildman–Crippen MR) is 115 cm³/mol. The number of hydroxylamine groups is 2. The van der Waals surface area contributed by atoms with Crippen molar-refractivity contribution in [3.63, 3.8) is 0 Å². The highest BCUT2D eigenvalue weighted by molar-refractivity contribution is 5.75. The minimum absolute atomic E-state index is 0.0786. The lowest BCUT2D eigenvalue weighted by molar-refractivity contribution is -0.161. The number of ether oxygens (including phenoxy) is 1. The van der Waals surface area contributed by atoms with Crippen molar-refractivity contribution in [3.05, 3.63) is 11.6 Å². The molecule has 1 aliphatic carbocycles. The minimum Gasteiger partial charge on any atom is -0.461 e. The molecule has 0 fully saturated rings. The fourth-order valence-corrected chi connectivity index (χ4v) is 4.29. The zero-order valence-electron chi connectivity index (χ0n) is 19.4. The number of amides is 1. The van der Waals surface area contributed by atoms with E-state index in [0.717, 1.165) is 12.8 Å². The molecule has 7 nitrogen and oxygen atoms in total. The van der Waals surface area contributed by atoms with Gasteiger partial charge in [0.2, 0.25) is 5.91 Å². The van der Waals surface area contributed by atoms with Gasteiger partial charge in [0.15, 0.2) is 0 Å². The van der Waals surface area contributed by atoms with Crippen molar-refractivity contribution in [1.29, 1.82) is 0 Å². The summed E-state index contributed by atoms with van der Waals surface area (Å²) in [5.41, 5.74) is 1.22. The number of aliphatic hydroxyl groups excluding tert-OH is 2. The van der Waals surface area contributed by atoms with Gasteiger partial charge in [-0.25, -0.2) is 5.06 Å². The number of allylic oxidation sites excluding steroid dienone is 1. The molecule has 0 radical (unpaired) electrons. The molecule has 7 atom stereocenters. The van der Waals surface area contributed by atoms with Crippen LogP contribution in [0.15, 0.2) is 11.6 Å². The molecule has 0 heterocycles. The number of carbonyl (C=O) groups excluding carboxylic acids is 2. The van der Waals surface area contributed by atoms with Crippen LogP contribution in [0.5, 0.6) is 0 Å². The number of esters is 1. The maximum atomic E-state index is 12.4. The van der Waals surface area contributed by atoms with E-state index >= 15 is 0 Å².